The predicted molar refractivity (Wildman–Crippen MR) is 124 cm³/mol. The van der Waals surface area contributed by atoms with E-state index in [1.165, 1.54) is 22.7 Å². The third kappa shape index (κ3) is 7.38. The highest BCUT2D eigenvalue weighted by Gasteiger charge is 2.27. The maximum absolute atomic E-state index is 13.0. The second-order valence-corrected chi connectivity index (χ2v) is 11.5. The fraction of sp³-hybridized carbons (Fsp3) is 0.727. The van der Waals surface area contributed by atoms with Gasteiger partial charge in [-0.1, -0.05) is 11.3 Å². The molecule has 3 heterocycles. The molecule has 0 saturated heterocycles. The van der Waals surface area contributed by atoms with E-state index in [0.29, 0.717) is 17.5 Å². The molecule has 11 heteroatoms. The van der Waals surface area contributed by atoms with Crippen LogP contribution in [0.3, 0.4) is 0 Å². The number of alkyl halides is 2. The average molecular weight is 500 g/mol. The van der Waals surface area contributed by atoms with Crippen LogP contribution < -0.4 is 10.1 Å². The van der Waals surface area contributed by atoms with Gasteiger partial charge in [0.2, 0.25) is 5.91 Å². The molecule has 0 unspecified atom stereocenters. The number of thiazole rings is 1. The molecule has 2 aromatic heterocycles. The maximum Gasteiger partial charge on any atom is 0.278 e. The van der Waals surface area contributed by atoms with Crippen molar-refractivity contribution in [1.82, 2.24) is 25.4 Å². The Labute approximate surface area is 201 Å². The summed E-state index contributed by atoms with van der Waals surface area (Å²) in [5.74, 6) is -2.14. The van der Waals surface area contributed by atoms with E-state index in [4.69, 9.17) is 4.74 Å². The number of halogens is 2. The van der Waals surface area contributed by atoms with E-state index in [9.17, 15) is 13.6 Å². The van der Waals surface area contributed by atoms with Gasteiger partial charge in [-0.15, -0.1) is 21.5 Å². The van der Waals surface area contributed by atoms with Crippen LogP contribution in [0.4, 0.5) is 8.78 Å². The third-order valence-corrected chi connectivity index (χ3v) is 8.09. The maximum atomic E-state index is 13.0. The van der Waals surface area contributed by atoms with E-state index in [1.807, 2.05) is 6.92 Å². The van der Waals surface area contributed by atoms with Crippen LogP contribution in [0.5, 0.6) is 5.19 Å². The molecule has 0 atom stereocenters. The van der Waals surface area contributed by atoms with E-state index in [2.05, 4.69) is 25.4 Å². The first-order valence-electron chi connectivity index (χ1n) is 11.5. The highest BCUT2D eigenvalue weighted by atomic mass is 32.1. The van der Waals surface area contributed by atoms with Gasteiger partial charge in [-0.3, -0.25) is 9.69 Å². The van der Waals surface area contributed by atoms with Crippen LogP contribution in [0.1, 0.15) is 59.6 Å². The number of ether oxygens (including phenoxy) is 1. The molecule has 1 fully saturated rings. The standard InChI is InChI=1S/C22H31F2N5O2S2/c1-14-27-28-20(32-14)11-19(30)25-16-5-3-15(4-6-16)7-9-29-10-8-18-17(12-29)26-21(33-18)31-13-22(2,23)24/h15-16H,3-13H2,1-2H3,(H,25,30). The molecule has 1 aliphatic heterocycles. The Kier molecular flexibility index (Phi) is 7.91. The van der Waals surface area contributed by atoms with Crippen LogP contribution in [0.25, 0.3) is 0 Å². The lowest BCUT2D eigenvalue weighted by Crippen LogP contribution is -2.39. The topological polar surface area (TPSA) is 80.2 Å². The third-order valence-electron chi connectivity index (χ3n) is 6.18. The van der Waals surface area contributed by atoms with E-state index < -0.39 is 12.5 Å². The number of fused-ring (bicyclic) bond motifs is 1. The van der Waals surface area contributed by atoms with E-state index in [-0.39, 0.29) is 11.9 Å². The van der Waals surface area contributed by atoms with Crippen LogP contribution >= 0.6 is 22.7 Å². The molecule has 0 bridgehead atoms. The molecule has 7 nitrogen and oxygen atoms in total. The summed E-state index contributed by atoms with van der Waals surface area (Å²) in [7, 11) is 0. The van der Waals surface area contributed by atoms with Gasteiger partial charge in [0.25, 0.3) is 11.1 Å². The number of aryl methyl sites for hydroxylation is 1. The number of rotatable bonds is 9. The van der Waals surface area contributed by atoms with Gasteiger partial charge < -0.3 is 10.1 Å². The normalized spacial score (nSPS) is 21.6. The zero-order valence-electron chi connectivity index (χ0n) is 19.1. The largest absolute Gasteiger partial charge is 0.464 e. The molecule has 2 aliphatic rings. The molecule has 33 heavy (non-hydrogen) atoms. The van der Waals surface area contributed by atoms with Gasteiger partial charge in [-0.2, -0.15) is 0 Å². The summed E-state index contributed by atoms with van der Waals surface area (Å²) in [6.07, 6.45) is 6.63. The lowest BCUT2D eigenvalue weighted by Gasteiger charge is -2.31. The Morgan fingerprint density at radius 2 is 2.03 bits per heavy atom. The van der Waals surface area contributed by atoms with Gasteiger partial charge in [0.05, 0.1) is 12.1 Å². The van der Waals surface area contributed by atoms with Crippen molar-refractivity contribution in [2.45, 2.75) is 77.3 Å². The van der Waals surface area contributed by atoms with Gasteiger partial charge in [0.15, 0.2) is 6.61 Å². The summed E-state index contributed by atoms with van der Waals surface area (Å²) in [6.45, 7) is 4.85. The van der Waals surface area contributed by atoms with Crippen molar-refractivity contribution in [2.24, 2.45) is 5.92 Å². The van der Waals surface area contributed by atoms with Crippen molar-refractivity contribution in [3.8, 4) is 5.19 Å². The van der Waals surface area contributed by atoms with Crippen LogP contribution in [-0.2, 0) is 24.2 Å². The smallest absolute Gasteiger partial charge is 0.278 e. The minimum atomic E-state index is -2.85. The summed E-state index contributed by atoms with van der Waals surface area (Å²) >= 11 is 2.87. The summed E-state index contributed by atoms with van der Waals surface area (Å²) in [5.41, 5.74) is 0.970. The second kappa shape index (κ2) is 10.7. The fourth-order valence-corrected chi connectivity index (χ4v) is 6.07. The van der Waals surface area contributed by atoms with E-state index in [1.54, 1.807) is 0 Å². The second-order valence-electron chi connectivity index (χ2n) is 9.20. The Morgan fingerprint density at radius 1 is 1.24 bits per heavy atom. The Bertz CT molecular complexity index is 938. The molecule has 1 saturated carbocycles. The van der Waals surface area contributed by atoms with E-state index >= 15 is 0 Å². The molecular weight excluding hydrogens is 468 g/mol. The first kappa shape index (κ1) is 24.4. The van der Waals surface area contributed by atoms with Crippen molar-refractivity contribution in [3.63, 3.8) is 0 Å². The van der Waals surface area contributed by atoms with Crippen LogP contribution in [0, 0.1) is 12.8 Å². The Balaban J connectivity index is 1.15. The molecule has 0 radical (unpaired) electrons. The number of carbonyl (C=O) groups is 1. The first-order chi connectivity index (χ1) is 15.7. The van der Waals surface area contributed by atoms with Gasteiger partial charge in [0.1, 0.15) is 10.0 Å². The van der Waals surface area contributed by atoms with Crippen LogP contribution in [-0.4, -0.2) is 57.6 Å². The lowest BCUT2D eigenvalue weighted by molar-refractivity contribution is -0.121. The number of carbonyl (C=O) groups excluding carboxylic acids is 1. The highest BCUT2D eigenvalue weighted by molar-refractivity contribution is 7.13. The van der Waals surface area contributed by atoms with Crippen molar-refractivity contribution >= 4 is 28.6 Å². The minimum absolute atomic E-state index is 0.0352. The number of nitrogens with one attached hydrogen (secondary N) is 1. The molecule has 1 aliphatic carbocycles. The molecule has 1 amide bonds. The molecule has 182 valence electrons. The summed E-state index contributed by atoms with van der Waals surface area (Å²) < 4.78 is 31.2. The van der Waals surface area contributed by atoms with E-state index in [0.717, 1.165) is 85.7 Å². The molecule has 4 rings (SSSR count). The molecule has 0 aromatic carbocycles. The zero-order valence-corrected chi connectivity index (χ0v) is 20.7. The SMILES string of the molecule is Cc1nnc(CC(=O)NC2CCC(CCN3CCc4sc(OCC(C)(F)F)nc4C3)CC2)s1. The fourth-order valence-electron chi connectivity index (χ4n) is 4.46. The molecule has 2 aromatic rings. The van der Waals surface area contributed by atoms with Gasteiger partial charge in [-0.05, 0) is 57.9 Å². The number of amides is 1. The molecule has 0 spiro atoms. The van der Waals surface area contributed by atoms with Crippen LogP contribution in [0.2, 0.25) is 0 Å². The van der Waals surface area contributed by atoms with Crippen LogP contribution in [0.15, 0.2) is 0 Å². The van der Waals surface area contributed by atoms with Gasteiger partial charge in [0, 0.05) is 30.9 Å². The number of hydrogen-bond acceptors (Lipinski definition) is 8. The summed E-state index contributed by atoms with van der Waals surface area (Å²) in [6, 6.07) is 0.254. The number of nitrogens with zero attached hydrogens (tertiary/aromatic N) is 4. The van der Waals surface area contributed by atoms with Gasteiger partial charge >= 0.3 is 0 Å². The Hall–Kier alpha value is -1.72. The summed E-state index contributed by atoms with van der Waals surface area (Å²) in [4.78, 5) is 20.3. The van der Waals surface area contributed by atoms with Crippen molar-refractivity contribution in [3.05, 3.63) is 20.6 Å². The van der Waals surface area contributed by atoms with Crippen molar-refractivity contribution < 1.29 is 18.3 Å². The number of hydrogen-bond donors (Lipinski definition) is 1. The Morgan fingerprint density at radius 3 is 2.73 bits per heavy atom. The monoisotopic (exact) mass is 499 g/mol. The predicted octanol–water partition coefficient (Wildman–Crippen LogP) is 4.00. The van der Waals surface area contributed by atoms with Crippen molar-refractivity contribution in [1.29, 1.82) is 0 Å². The molecular formula is C22H31F2N5O2S2. The zero-order chi connectivity index (χ0) is 23.4. The first-order valence-corrected chi connectivity index (χ1v) is 13.2. The van der Waals surface area contributed by atoms with Crippen molar-refractivity contribution in [2.75, 3.05) is 19.7 Å². The quantitative estimate of drug-likeness (QED) is 0.562. The highest BCUT2D eigenvalue weighted by Crippen LogP contribution is 2.32. The summed E-state index contributed by atoms with van der Waals surface area (Å²) in [5, 5.41) is 13.2. The number of aromatic nitrogens is 3. The average Bonchev–Trinajstić information content (AvgIpc) is 3.36. The molecule has 1 N–H and O–H groups in total. The van der Waals surface area contributed by atoms with Gasteiger partial charge in [-0.25, -0.2) is 13.8 Å². The minimum Gasteiger partial charge on any atom is -0.464 e. The lowest BCUT2D eigenvalue weighted by atomic mass is 9.84.